The molecular weight excluding hydrogens is 393 g/mol. The van der Waals surface area contributed by atoms with Crippen molar-refractivity contribution in [2.24, 2.45) is 0 Å². The van der Waals surface area contributed by atoms with E-state index in [9.17, 15) is 22.9 Å². The predicted molar refractivity (Wildman–Crippen MR) is 90.0 cm³/mol. The summed E-state index contributed by atoms with van der Waals surface area (Å²) in [6.07, 6.45) is -2.87. The summed E-state index contributed by atoms with van der Waals surface area (Å²) in [5.41, 5.74) is 0. The van der Waals surface area contributed by atoms with Crippen LogP contribution in [0.25, 0.3) is 0 Å². The van der Waals surface area contributed by atoms with Crippen LogP contribution < -0.4 is 10.4 Å². The summed E-state index contributed by atoms with van der Waals surface area (Å²) < 4.78 is 43.3. The first-order valence-electron chi connectivity index (χ1n) is 7.06. The summed E-state index contributed by atoms with van der Waals surface area (Å²) in [5.74, 6) is -1.63. The van der Waals surface area contributed by atoms with Gasteiger partial charge in [0.15, 0.2) is 0 Å². The van der Waals surface area contributed by atoms with Crippen molar-refractivity contribution < 1.29 is 27.4 Å². The van der Waals surface area contributed by atoms with Crippen LogP contribution in [0, 0.1) is 0 Å². The molecule has 0 aromatic carbocycles. The first kappa shape index (κ1) is 23.9. The van der Waals surface area contributed by atoms with Crippen LogP contribution in [0.2, 0.25) is 0 Å². The molecule has 0 radical (unpaired) electrons. The van der Waals surface area contributed by atoms with Gasteiger partial charge in [0.25, 0.3) is 0 Å². The molecule has 0 aromatic rings. The van der Waals surface area contributed by atoms with E-state index in [1.807, 2.05) is 0 Å². The molecule has 3 N–H and O–H groups in total. The Morgan fingerprint density at radius 1 is 1.29 bits per heavy atom. The molecule has 6 nitrogen and oxygen atoms in total. The SMILES string of the molecule is C=CCCO[P+](O)(NCCNC(=O)C(F)(F)F)N(CCCl)CCCl. The molecule has 142 valence electrons. The molecule has 0 saturated heterocycles. The molecule has 0 bridgehead atoms. The van der Waals surface area contributed by atoms with Crippen molar-refractivity contribution in [2.75, 3.05) is 44.5 Å². The van der Waals surface area contributed by atoms with Gasteiger partial charge in [-0.15, -0.1) is 39.5 Å². The first-order valence-corrected chi connectivity index (χ1v) is 9.74. The second-order valence-electron chi connectivity index (χ2n) is 4.45. The highest BCUT2D eigenvalue weighted by atomic mass is 35.5. The maximum Gasteiger partial charge on any atom is 0.471 e. The van der Waals surface area contributed by atoms with E-state index in [4.69, 9.17) is 27.7 Å². The second kappa shape index (κ2) is 12.2. The number of carbonyl (C=O) groups excluding carboxylic acids is 1. The summed E-state index contributed by atoms with van der Waals surface area (Å²) in [6.45, 7) is 3.79. The summed E-state index contributed by atoms with van der Waals surface area (Å²) in [5, 5.41) is 4.37. The highest BCUT2D eigenvalue weighted by Crippen LogP contribution is 2.54. The van der Waals surface area contributed by atoms with Crippen LogP contribution in [0.15, 0.2) is 12.7 Å². The Bertz CT molecular complexity index is 388. The first-order chi connectivity index (χ1) is 11.2. The number of amides is 1. The molecule has 24 heavy (non-hydrogen) atoms. The summed E-state index contributed by atoms with van der Waals surface area (Å²) >= 11 is 11.4. The second-order valence-corrected chi connectivity index (χ2v) is 7.43. The van der Waals surface area contributed by atoms with Crippen LogP contribution in [-0.2, 0) is 9.32 Å². The van der Waals surface area contributed by atoms with Crippen molar-refractivity contribution in [3.8, 4) is 0 Å². The number of carbonyl (C=O) groups is 1. The highest BCUT2D eigenvalue weighted by Gasteiger charge is 2.46. The van der Waals surface area contributed by atoms with Crippen molar-refractivity contribution in [1.29, 1.82) is 0 Å². The Kier molecular flexibility index (Phi) is 12.2. The number of rotatable bonds is 13. The minimum atomic E-state index is -4.95. The third-order valence-electron chi connectivity index (χ3n) is 2.65. The summed E-state index contributed by atoms with van der Waals surface area (Å²) in [7, 11) is -3.31. The van der Waals surface area contributed by atoms with E-state index in [2.05, 4.69) is 11.7 Å². The van der Waals surface area contributed by atoms with Crippen LogP contribution in [0.5, 0.6) is 0 Å². The molecule has 1 amide bonds. The Hall–Kier alpha value is -0.150. The van der Waals surface area contributed by atoms with Crippen LogP contribution in [0.1, 0.15) is 6.42 Å². The molecule has 0 saturated carbocycles. The minimum Gasteiger partial charge on any atom is -0.347 e. The lowest BCUT2D eigenvalue weighted by Crippen LogP contribution is -2.42. The van der Waals surface area contributed by atoms with Crippen LogP contribution in [0.3, 0.4) is 0 Å². The molecule has 0 aliphatic rings. The summed E-state index contributed by atoms with van der Waals surface area (Å²) in [6, 6.07) is 0. The molecule has 1 atom stereocenters. The molecule has 0 rings (SSSR count). The average Bonchev–Trinajstić information content (AvgIpc) is 2.50. The average molecular weight is 415 g/mol. The van der Waals surface area contributed by atoms with E-state index in [0.29, 0.717) is 6.42 Å². The van der Waals surface area contributed by atoms with Gasteiger partial charge in [-0.3, -0.25) is 4.79 Å². The smallest absolute Gasteiger partial charge is 0.347 e. The monoisotopic (exact) mass is 414 g/mol. The van der Waals surface area contributed by atoms with Crippen molar-refractivity contribution in [3.63, 3.8) is 0 Å². The fraction of sp³-hybridized carbons (Fsp3) is 0.750. The van der Waals surface area contributed by atoms with Gasteiger partial charge in [-0.1, -0.05) is 6.08 Å². The van der Waals surface area contributed by atoms with Crippen LogP contribution in [0.4, 0.5) is 13.2 Å². The third-order valence-corrected chi connectivity index (χ3v) is 5.33. The van der Waals surface area contributed by atoms with Crippen molar-refractivity contribution in [2.45, 2.75) is 12.6 Å². The van der Waals surface area contributed by atoms with Gasteiger partial charge >= 0.3 is 20.1 Å². The van der Waals surface area contributed by atoms with Crippen molar-refractivity contribution in [3.05, 3.63) is 12.7 Å². The van der Waals surface area contributed by atoms with Gasteiger partial charge in [0.1, 0.15) is 6.61 Å². The van der Waals surface area contributed by atoms with E-state index >= 15 is 0 Å². The maximum atomic E-state index is 12.1. The van der Waals surface area contributed by atoms with Gasteiger partial charge in [-0.25, -0.2) is 0 Å². The Morgan fingerprint density at radius 3 is 2.33 bits per heavy atom. The summed E-state index contributed by atoms with van der Waals surface area (Å²) in [4.78, 5) is 21.4. The highest BCUT2D eigenvalue weighted by molar-refractivity contribution is 7.61. The van der Waals surface area contributed by atoms with E-state index in [0.717, 1.165) is 0 Å². The Labute approximate surface area is 149 Å². The van der Waals surface area contributed by atoms with Gasteiger partial charge in [0.2, 0.25) is 0 Å². The number of hydrogen-bond acceptors (Lipinski definition) is 5. The fourth-order valence-corrected chi connectivity index (χ4v) is 4.15. The number of nitrogens with one attached hydrogen (secondary N) is 2. The van der Waals surface area contributed by atoms with Gasteiger partial charge in [0.05, 0.1) is 19.6 Å². The molecule has 0 aliphatic carbocycles. The largest absolute Gasteiger partial charge is 0.471 e. The molecule has 1 unspecified atom stereocenters. The van der Waals surface area contributed by atoms with E-state index < -0.39 is 20.1 Å². The van der Waals surface area contributed by atoms with E-state index in [-0.39, 0.29) is 44.5 Å². The Morgan fingerprint density at radius 2 is 1.88 bits per heavy atom. The lowest BCUT2D eigenvalue weighted by atomic mass is 10.5. The zero-order valence-corrected chi connectivity index (χ0v) is 15.4. The molecule has 0 heterocycles. The van der Waals surface area contributed by atoms with Gasteiger partial charge in [-0.05, 0) is 6.42 Å². The lowest BCUT2D eigenvalue weighted by molar-refractivity contribution is -0.173. The number of hydrogen-bond donors (Lipinski definition) is 3. The van der Waals surface area contributed by atoms with Gasteiger partial charge in [-0.2, -0.15) is 22.6 Å². The van der Waals surface area contributed by atoms with Gasteiger partial charge in [0, 0.05) is 18.3 Å². The van der Waals surface area contributed by atoms with Gasteiger partial charge < -0.3 is 5.32 Å². The van der Waals surface area contributed by atoms with Crippen LogP contribution in [-0.4, -0.2) is 66.2 Å². The zero-order chi connectivity index (χ0) is 18.6. The maximum absolute atomic E-state index is 12.1. The molecular formula is C12H22Cl2F3N3O3P+. The molecule has 12 heteroatoms. The van der Waals surface area contributed by atoms with Crippen molar-refractivity contribution in [1.82, 2.24) is 15.1 Å². The lowest BCUT2D eigenvalue weighted by Gasteiger charge is -2.28. The standard InChI is InChI=1S/C12H21Cl2F3N3O3P/c1-2-3-10-23-24(22,20(8-4-13)9-5-14)19-7-6-18-11(21)12(15,16)17/h2,19,22H,1,3-10H2/p+1. The third kappa shape index (κ3) is 9.36. The fourth-order valence-electron chi connectivity index (χ4n) is 1.55. The van der Waals surface area contributed by atoms with Crippen LogP contribution >= 0.6 is 31.2 Å². The minimum absolute atomic E-state index is 0.124. The zero-order valence-electron chi connectivity index (χ0n) is 13.0. The van der Waals surface area contributed by atoms with E-state index in [1.54, 1.807) is 11.4 Å². The molecule has 0 spiro atoms. The molecule has 0 aliphatic heterocycles. The quantitative estimate of drug-likeness (QED) is 0.186. The van der Waals surface area contributed by atoms with Crippen molar-refractivity contribution >= 4 is 37.1 Å². The number of alkyl halides is 5. The molecule has 0 aromatic heterocycles. The topological polar surface area (TPSA) is 73.8 Å². The Balaban J connectivity index is 4.68. The van der Waals surface area contributed by atoms with E-state index in [1.165, 1.54) is 4.67 Å². The number of halogens is 5. The number of nitrogens with zero attached hydrogens (tertiary/aromatic N) is 1. The normalized spacial score (nSPS) is 14.5. The molecule has 0 fully saturated rings. The predicted octanol–water partition coefficient (Wildman–Crippen LogP) is 2.30.